The molecule has 0 aliphatic carbocycles. The Hall–Kier alpha value is -0.870. The first-order chi connectivity index (χ1) is 8.98. The predicted octanol–water partition coefficient (Wildman–Crippen LogP) is 3.57. The minimum atomic E-state index is -0.144. The average Bonchev–Trinajstić information content (AvgIpc) is 2.40. The van der Waals surface area contributed by atoms with Gasteiger partial charge in [0, 0.05) is 22.0 Å². The Kier molecular flexibility index (Phi) is 6.01. The maximum Gasteiger partial charge on any atom is 0.253 e. The molecular weight excluding hydrogens is 280 g/mol. The number of nitrogens with two attached hydrogens (primary N) is 1. The summed E-state index contributed by atoms with van der Waals surface area (Å²) in [6, 6.07) is 4.93. The van der Waals surface area contributed by atoms with Gasteiger partial charge in [0.25, 0.3) is 5.91 Å². The van der Waals surface area contributed by atoms with Crippen LogP contribution in [0, 0.1) is 0 Å². The van der Waals surface area contributed by atoms with Crippen LogP contribution in [0.2, 0.25) is 5.02 Å². The van der Waals surface area contributed by atoms with E-state index < -0.39 is 0 Å². The average molecular weight is 301 g/mol. The molecule has 0 fully saturated rings. The summed E-state index contributed by atoms with van der Waals surface area (Å²) in [7, 11) is 0. The number of thioether (sulfide) groups is 1. The van der Waals surface area contributed by atoms with Gasteiger partial charge >= 0.3 is 0 Å². The van der Waals surface area contributed by atoms with Crippen LogP contribution >= 0.6 is 23.4 Å². The third kappa shape index (κ3) is 4.05. The summed E-state index contributed by atoms with van der Waals surface area (Å²) in [5.74, 6) is -0.144. The van der Waals surface area contributed by atoms with E-state index in [1.165, 1.54) is 0 Å². The number of carbonyl (C=O) groups excluding carboxylic acids is 1. The lowest BCUT2D eigenvalue weighted by Crippen LogP contribution is -2.39. The van der Waals surface area contributed by atoms with Crippen LogP contribution in [0.25, 0.3) is 0 Å². The van der Waals surface area contributed by atoms with E-state index in [-0.39, 0.29) is 10.7 Å². The fourth-order valence-corrected chi connectivity index (χ4v) is 2.91. The second-order valence-corrected chi connectivity index (χ2v) is 6.22. The van der Waals surface area contributed by atoms with E-state index in [2.05, 4.69) is 25.4 Å². The highest BCUT2D eigenvalue weighted by Gasteiger charge is 2.25. The minimum Gasteiger partial charge on any atom is -0.398 e. The molecule has 1 amide bonds. The van der Waals surface area contributed by atoms with Gasteiger partial charge in [-0.1, -0.05) is 25.4 Å². The van der Waals surface area contributed by atoms with Gasteiger partial charge in [-0.15, -0.1) is 0 Å². The molecular formula is C14H21ClN2OS. The quantitative estimate of drug-likeness (QED) is 0.790. The van der Waals surface area contributed by atoms with E-state index in [1.54, 1.807) is 30.0 Å². The van der Waals surface area contributed by atoms with Crippen LogP contribution in [0.3, 0.4) is 0 Å². The molecule has 3 N–H and O–H groups in total. The molecule has 5 heteroatoms. The van der Waals surface area contributed by atoms with Crippen molar-refractivity contribution in [2.45, 2.75) is 31.4 Å². The molecule has 0 heterocycles. The van der Waals surface area contributed by atoms with Crippen molar-refractivity contribution in [1.82, 2.24) is 5.32 Å². The highest BCUT2D eigenvalue weighted by Crippen LogP contribution is 2.29. The summed E-state index contributed by atoms with van der Waals surface area (Å²) in [4.78, 5) is 12.1. The number of nitrogen functional groups attached to an aromatic ring is 1. The van der Waals surface area contributed by atoms with Gasteiger partial charge in [-0.25, -0.2) is 0 Å². The molecule has 0 radical (unpaired) electrons. The third-order valence-corrected chi connectivity index (χ3v) is 5.37. The molecule has 0 spiro atoms. The second-order valence-electron chi connectivity index (χ2n) is 4.51. The van der Waals surface area contributed by atoms with Crippen molar-refractivity contribution in [2.75, 3.05) is 18.5 Å². The minimum absolute atomic E-state index is 0.0941. The predicted molar refractivity (Wildman–Crippen MR) is 85.0 cm³/mol. The van der Waals surface area contributed by atoms with Crippen LogP contribution < -0.4 is 11.1 Å². The van der Waals surface area contributed by atoms with Gasteiger partial charge in [0.1, 0.15) is 0 Å². The lowest BCUT2D eigenvalue weighted by atomic mass is 10.0. The largest absolute Gasteiger partial charge is 0.398 e. The molecule has 1 aromatic carbocycles. The molecule has 19 heavy (non-hydrogen) atoms. The fraction of sp³-hybridized carbons (Fsp3) is 0.500. The lowest BCUT2D eigenvalue weighted by molar-refractivity contribution is 0.0950. The zero-order chi connectivity index (χ0) is 14.5. The Morgan fingerprint density at radius 3 is 2.53 bits per heavy atom. The highest BCUT2D eigenvalue weighted by molar-refractivity contribution is 8.00. The Labute approximate surface area is 124 Å². The molecule has 3 nitrogen and oxygen atoms in total. The topological polar surface area (TPSA) is 55.1 Å². The molecule has 106 valence electrons. The van der Waals surface area contributed by atoms with Gasteiger partial charge in [0.2, 0.25) is 0 Å². The number of anilines is 1. The number of amides is 1. The second kappa shape index (κ2) is 7.06. The highest BCUT2D eigenvalue weighted by atomic mass is 35.5. The zero-order valence-corrected chi connectivity index (χ0v) is 13.2. The van der Waals surface area contributed by atoms with Crippen molar-refractivity contribution < 1.29 is 4.79 Å². The van der Waals surface area contributed by atoms with Crippen molar-refractivity contribution >= 4 is 35.0 Å². The van der Waals surface area contributed by atoms with Crippen molar-refractivity contribution in [2.24, 2.45) is 0 Å². The molecule has 0 unspecified atom stereocenters. The normalized spacial score (nSPS) is 11.4. The summed E-state index contributed by atoms with van der Waals surface area (Å²) in [6.07, 6.45) is 4.11. The van der Waals surface area contributed by atoms with Crippen LogP contribution in [0.5, 0.6) is 0 Å². The molecule has 0 saturated heterocycles. The Morgan fingerprint density at radius 2 is 2.05 bits per heavy atom. The van der Waals surface area contributed by atoms with E-state index in [1.807, 2.05) is 0 Å². The number of halogens is 1. The first-order valence-electron chi connectivity index (χ1n) is 6.36. The maximum atomic E-state index is 12.1. The number of hydrogen-bond acceptors (Lipinski definition) is 3. The van der Waals surface area contributed by atoms with Crippen LogP contribution in [-0.4, -0.2) is 23.5 Å². The van der Waals surface area contributed by atoms with E-state index in [0.717, 1.165) is 12.8 Å². The molecule has 0 atom stereocenters. The fourth-order valence-electron chi connectivity index (χ4n) is 1.94. The summed E-state index contributed by atoms with van der Waals surface area (Å²) >= 11 is 7.62. The Balaban J connectivity index is 2.75. The number of rotatable bonds is 6. The Bertz CT molecular complexity index is 439. The SMILES string of the molecule is CCC(CC)(CNC(=O)c1ccc(Cl)cc1N)SC. The standard InChI is InChI=1S/C14H21ClN2OS/c1-4-14(5-2,19-3)9-17-13(18)11-7-6-10(15)8-12(11)16/h6-8H,4-5,9,16H2,1-3H3,(H,17,18). The van der Waals surface area contributed by atoms with Gasteiger partial charge in [-0.2, -0.15) is 11.8 Å². The number of hydrogen-bond donors (Lipinski definition) is 2. The van der Waals surface area contributed by atoms with Crippen LogP contribution in [0.1, 0.15) is 37.0 Å². The smallest absolute Gasteiger partial charge is 0.253 e. The van der Waals surface area contributed by atoms with Crippen molar-refractivity contribution in [3.05, 3.63) is 28.8 Å². The van der Waals surface area contributed by atoms with Crippen molar-refractivity contribution in [3.63, 3.8) is 0 Å². The summed E-state index contributed by atoms with van der Waals surface area (Å²) in [5.41, 5.74) is 6.70. The number of carbonyl (C=O) groups is 1. The van der Waals surface area contributed by atoms with Gasteiger partial charge in [0.05, 0.1) is 5.56 Å². The van der Waals surface area contributed by atoms with Gasteiger partial charge in [-0.05, 0) is 37.3 Å². The van der Waals surface area contributed by atoms with E-state index in [9.17, 15) is 4.79 Å². The number of benzene rings is 1. The zero-order valence-electron chi connectivity index (χ0n) is 11.6. The molecule has 0 aliphatic heterocycles. The van der Waals surface area contributed by atoms with Crippen molar-refractivity contribution in [1.29, 1.82) is 0 Å². The van der Waals surface area contributed by atoms with Gasteiger partial charge in [0.15, 0.2) is 0 Å². The van der Waals surface area contributed by atoms with Gasteiger partial charge in [-0.3, -0.25) is 4.79 Å². The number of nitrogens with one attached hydrogen (secondary N) is 1. The first kappa shape index (κ1) is 16.2. The van der Waals surface area contributed by atoms with Crippen LogP contribution in [-0.2, 0) is 0 Å². The molecule has 1 rings (SSSR count). The molecule has 0 saturated carbocycles. The van der Waals surface area contributed by atoms with Crippen LogP contribution in [0.15, 0.2) is 18.2 Å². The molecule has 1 aromatic rings. The molecule has 0 aliphatic rings. The summed E-state index contributed by atoms with van der Waals surface area (Å²) in [5, 5.41) is 3.51. The lowest BCUT2D eigenvalue weighted by Gasteiger charge is -2.29. The maximum absolute atomic E-state index is 12.1. The van der Waals surface area contributed by atoms with E-state index in [0.29, 0.717) is 22.8 Å². The van der Waals surface area contributed by atoms with E-state index in [4.69, 9.17) is 17.3 Å². The summed E-state index contributed by atoms with van der Waals surface area (Å²) in [6.45, 7) is 4.92. The Morgan fingerprint density at radius 1 is 1.42 bits per heavy atom. The molecule has 0 bridgehead atoms. The summed E-state index contributed by atoms with van der Waals surface area (Å²) < 4.78 is 0.0941. The third-order valence-electron chi connectivity index (χ3n) is 3.55. The molecule has 0 aromatic heterocycles. The van der Waals surface area contributed by atoms with Crippen LogP contribution in [0.4, 0.5) is 5.69 Å². The van der Waals surface area contributed by atoms with Crippen molar-refractivity contribution in [3.8, 4) is 0 Å². The monoisotopic (exact) mass is 300 g/mol. The van der Waals surface area contributed by atoms with E-state index >= 15 is 0 Å². The van der Waals surface area contributed by atoms with Gasteiger partial charge < -0.3 is 11.1 Å². The first-order valence-corrected chi connectivity index (χ1v) is 7.96.